The maximum atomic E-state index is 12.4. The van der Waals surface area contributed by atoms with Crippen LogP contribution in [0.2, 0.25) is 5.02 Å². The highest BCUT2D eigenvalue weighted by Crippen LogP contribution is 2.37. The number of hydrogen-bond acceptors (Lipinski definition) is 5. The second-order valence-corrected chi connectivity index (χ2v) is 7.78. The molecule has 0 saturated carbocycles. The normalized spacial score (nSPS) is 13.8. The molecule has 0 spiro atoms. The molecule has 1 amide bonds. The molecule has 0 unspecified atom stereocenters. The number of carbonyl (C=O) groups excluding carboxylic acids is 1. The van der Waals surface area contributed by atoms with Gasteiger partial charge in [0.1, 0.15) is 0 Å². The minimum Gasteiger partial charge on any atom is -0.490 e. The Bertz CT molecular complexity index is 891. The van der Waals surface area contributed by atoms with Crippen molar-refractivity contribution in [3.8, 4) is 11.5 Å². The predicted molar refractivity (Wildman–Crippen MR) is 121 cm³/mol. The van der Waals surface area contributed by atoms with Gasteiger partial charge in [0.05, 0.1) is 23.9 Å². The van der Waals surface area contributed by atoms with Crippen molar-refractivity contribution in [2.45, 2.75) is 39.7 Å². The summed E-state index contributed by atoms with van der Waals surface area (Å²) in [6.07, 6.45) is 3.94. The van der Waals surface area contributed by atoms with Crippen molar-refractivity contribution < 1.29 is 14.3 Å². The predicted octanol–water partition coefficient (Wildman–Crippen LogP) is 4.89. The third-order valence-corrected chi connectivity index (χ3v) is 4.95. The topological polar surface area (TPSA) is 63.2 Å². The lowest BCUT2D eigenvalue weighted by molar-refractivity contribution is 0.0955. The fraction of sp³-hybridized carbons (Fsp3) is 0.391. The summed E-state index contributed by atoms with van der Waals surface area (Å²) in [6, 6.07) is 11.1. The van der Waals surface area contributed by atoms with Gasteiger partial charge in [-0.2, -0.15) is 5.10 Å². The zero-order valence-electron chi connectivity index (χ0n) is 17.7. The first-order valence-electron chi connectivity index (χ1n) is 10.3. The molecule has 0 atom stereocenters. The fourth-order valence-electron chi connectivity index (χ4n) is 3.30. The van der Waals surface area contributed by atoms with E-state index in [1.165, 1.54) is 19.1 Å². The fourth-order valence-corrected chi connectivity index (χ4v) is 3.57. The Morgan fingerprint density at radius 2 is 1.93 bits per heavy atom. The second-order valence-electron chi connectivity index (χ2n) is 7.37. The molecule has 0 bridgehead atoms. The number of carbonyl (C=O) groups is 1. The van der Waals surface area contributed by atoms with Crippen molar-refractivity contribution >= 4 is 29.4 Å². The van der Waals surface area contributed by atoms with Gasteiger partial charge < -0.3 is 14.4 Å². The molecular formula is C23H28ClN3O3. The molecule has 0 aromatic heterocycles. The Hall–Kier alpha value is -2.73. The molecule has 1 aliphatic rings. The SMILES string of the molecule is CCOc1cc(/C=N\NC(=O)c2ccc(N3CCCC3)cc2)cc(Cl)c1OC(C)C. The number of nitrogens with one attached hydrogen (secondary N) is 1. The Labute approximate surface area is 182 Å². The van der Waals surface area contributed by atoms with Gasteiger partial charge in [0, 0.05) is 24.3 Å². The zero-order valence-corrected chi connectivity index (χ0v) is 18.4. The van der Waals surface area contributed by atoms with E-state index in [-0.39, 0.29) is 12.0 Å². The molecular weight excluding hydrogens is 402 g/mol. The van der Waals surface area contributed by atoms with Crippen molar-refractivity contribution in [1.82, 2.24) is 5.43 Å². The largest absolute Gasteiger partial charge is 0.490 e. The van der Waals surface area contributed by atoms with E-state index in [0.717, 1.165) is 18.8 Å². The van der Waals surface area contributed by atoms with Gasteiger partial charge >= 0.3 is 0 Å². The smallest absolute Gasteiger partial charge is 0.271 e. The molecule has 0 aliphatic carbocycles. The summed E-state index contributed by atoms with van der Waals surface area (Å²) in [4.78, 5) is 14.7. The summed E-state index contributed by atoms with van der Waals surface area (Å²) in [5.41, 5.74) is 4.96. The number of halogens is 1. The number of nitrogens with zero attached hydrogens (tertiary/aromatic N) is 2. The van der Waals surface area contributed by atoms with Crippen molar-refractivity contribution in [1.29, 1.82) is 0 Å². The summed E-state index contributed by atoms with van der Waals surface area (Å²) < 4.78 is 11.4. The van der Waals surface area contributed by atoms with Crippen LogP contribution in [0.3, 0.4) is 0 Å². The standard InChI is InChI=1S/C23H28ClN3O3/c1-4-29-21-14-17(13-20(24)22(21)30-16(2)3)15-25-26-23(28)18-7-9-19(10-8-18)27-11-5-6-12-27/h7-10,13-16H,4-6,11-12H2,1-3H3,(H,26,28)/b25-15-. The van der Waals surface area contributed by atoms with Crippen molar-refractivity contribution in [2.24, 2.45) is 5.10 Å². The van der Waals surface area contributed by atoms with Gasteiger partial charge in [0.2, 0.25) is 0 Å². The number of rotatable bonds is 8. The Balaban J connectivity index is 1.66. The number of anilines is 1. The van der Waals surface area contributed by atoms with Gasteiger partial charge in [-0.1, -0.05) is 11.6 Å². The molecule has 1 N–H and O–H groups in total. The monoisotopic (exact) mass is 429 g/mol. The van der Waals surface area contributed by atoms with Crippen LogP contribution in [0.4, 0.5) is 5.69 Å². The summed E-state index contributed by atoms with van der Waals surface area (Å²) in [6.45, 7) is 8.37. The van der Waals surface area contributed by atoms with Crippen molar-refractivity contribution in [3.63, 3.8) is 0 Å². The Kier molecular flexibility index (Phi) is 7.57. The van der Waals surface area contributed by atoms with Crippen LogP contribution in [0, 0.1) is 0 Å². The van der Waals surface area contributed by atoms with Gasteiger partial charge in [-0.05, 0) is 75.6 Å². The van der Waals surface area contributed by atoms with E-state index < -0.39 is 0 Å². The van der Waals surface area contributed by atoms with E-state index >= 15 is 0 Å². The average molecular weight is 430 g/mol. The lowest BCUT2D eigenvalue weighted by Crippen LogP contribution is -2.19. The molecule has 7 heteroatoms. The summed E-state index contributed by atoms with van der Waals surface area (Å²) in [5, 5.41) is 4.49. The minimum atomic E-state index is -0.268. The van der Waals surface area contributed by atoms with Crippen LogP contribution in [-0.2, 0) is 0 Å². The van der Waals surface area contributed by atoms with Gasteiger partial charge in [-0.15, -0.1) is 0 Å². The van der Waals surface area contributed by atoms with Crippen LogP contribution in [0.1, 0.15) is 49.5 Å². The molecule has 2 aromatic rings. The molecule has 1 saturated heterocycles. The third-order valence-electron chi connectivity index (χ3n) is 4.67. The number of hydrogen-bond donors (Lipinski definition) is 1. The molecule has 160 valence electrons. The van der Waals surface area contributed by atoms with Crippen molar-refractivity contribution in [2.75, 3.05) is 24.6 Å². The van der Waals surface area contributed by atoms with Crippen molar-refractivity contribution in [3.05, 3.63) is 52.5 Å². The van der Waals surface area contributed by atoms with Crippen LogP contribution in [-0.4, -0.2) is 37.9 Å². The van der Waals surface area contributed by atoms with Crippen LogP contribution >= 0.6 is 11.6 Å². The first-order valence-corrected chi connectivity index (χ1v) is 10.7. The zero-order chi connectivity index (χ0) is 21.5. The van der Waals surface area contributed by atoms with E-state index in [2.05, 4.69) is 15.4 Å². The number of amides is 1. The van der Waals surface area contributed by atoms with Crippen LogP contribution in [0.15, 0.2) is 41.5 Å². The molecule has 1 fully saturated rings. The van der Waals surface area contributed by atoms with Gasteiger partial charge in [-0.25, -0.2) is 5.43 Å². The molecule has 1 heterocycles. The molecule has 0 radical (unpaired) electrons. The first kappa shape index (κ1) is 22.0. The van der Waals surface area contributed by atoms with Gasteiger partial charge in [-0.3, -0.25) is 4.79 Å². The highest BCUT2D eigenvalue weighted by atomic mass is 35.5. The average Bonchev–Trinajstić information content (AvgIpc) is 3.25. The number of benzene rings is 2. The van der Waals surface area contributed by atoms with Gasteiger partial charge in [0.15, 0.2) is 11.5 Å². The Morgan fingerprint density at radius 1 is 1.23 bits per heavy atom. The maximum absolute atomic E-state index is 12.4. The van der Waals surface area contributed by atoms with Crippen LogP contribution in [0.5, 0.6) is 11.5 Å². The summed E-state index contributed by atoms with van der Waals surface area (Å²) in [5.74, 6) is 0.784. The van der Waals surface area contributed by atoms with Gasteiger partial charge in [0.25, 0.3) is 5.91 Å². The van der Waals surface area contributed by atoms with E-state index in [1.54, 1.807) is 12.1 Å². The number of ether oxygens (including phenoxy) is 2. The van der Waals surface area contributed by atoms with E-state index in [9.17, 15) is 4.79 Å². The van der Waals surface area contributed by atoms with E-state index in [1.807, 2.05) is 45.0 Å². The third kappa shape index (κ3) is 5.66. The van der Waals surface area contributed by atoms with Crippen LogP contribution < -0.4 is 19.8 Å². The molecule has 3 rings (SSSR count). The minimum absolute atomic E-state index is 0.0302. The maximum Gasteiger partial charge on any atom is 0.271 e. The Morgan fingerprint density at radius 3 is 2.57 bits per heavy atom. The quantitative estimate of drug-likeness (QED) is 0.479. The first-order chi connectivity index (χ1) is 14.5. The number of hydrazone groups is 1. The molecule has 6 nitrogen and oxygen atoms in total. The highest BCUT2D eigenvalue weighted by molar-refractivity contribution is 6.32. The summed E-state index contributed by atoms with van der Waals surface area (Å²) >= 11 is 6.36. The summed E-state index contributed by atoms with van der Waals surface area (Å²) in [7, 11) is 0. The molecule has 2 aromatic carbocycles. The van der Waals surface area contributed by atoms with E-state index in [4.69, 9.17) is 21.1 Å². The van der Waals surface area contributed by atoms with Crippen LogP contribution in [0.25, 0.3) is 0 Å². The lowest BCUT2D eigenvalue weighted by atomic mass is 10.2. The highest BCUT2D eigenvalue weighted by Gasteiger charge is 2.14. The van der Waals surface area contributed by atoms with E-state index in [0.29, 0.717) is 34.3 Å². The second kappa shape index (κ2) is 10.3. The lowest BCUT2D eigenvalue weighted by Gasteiger charge is -2.17. The molecule has 30 heavy (non-hydrogen) atoms. The molecule has 1 aliphatic heterocycles.